The molecule has 2 aromatic carbocycles. The van der Waals surface area contributed by atoms with Gasteiger partial charge in [-0.05, 0) is 48.7 Å². The molecule has 36 heavy (non-hydrogen) atoms. The van der Waals surface area contributed by atoms with Gasteiger partial charge in [-0.1, -0.05) is 37.5 Å². The molecular formula is C24H22F6N4O2. The van der Waals surface area contributed by atoms with Crippen LogP contribution in [-0.4, -0.2) is 14.1 Å². The maximum Gasteiger partial charge on any atom is 0.416 e. The lowest BCUT2D eigenvalue weighted by molar-refractivity contribution is -0.138. The molecule has 1 aromatic heterocycles. The van der Waals surface area contributed by atoms with E-state index in [0.29, 0.717) is 12.8 Å². The molecule has 1 N–H and O–H groups in total. The van der Waals surface area contributed by atoms with Crippen LogP contribution in [0.4, 0.5) is 38.0 Å². The maximum atomic E-state index is 13.5. The number of nitrogens with one attached hydrogen (secondary N) is 1. The van der Waals surface area contributed by atoms with Crippen molar-refractivity contribution in [3.63, 3.8) is 0 Å². The topological polar surface area (TPSA) is 68.9 Å². The fourth-order valence-corrected chi connectivity index (χ4v) is 4.33. The van der Waals surface area contributed by atoms with Gasteiger partial charge < -0.3 is 5.32 Å². The lowest BCUT2D eigenvalue weighted by atomic mass is 9.95. The standard InChI is InChI=1S/C24H22F6N4O2/c25-23(26,27)16-7-4-6-15(12-16)14-33-20(31-18-9-5-8-17(13-18)24(28,29)30)32-21(35)34(22(33)36)19-10-2-1-3-11-19/h4-9,12-13,19H,1-3,10-11,14H2,(H,31,32,35). The van der Waals surface area contributed by atoms with Crippen LogP contribution < -0.4 is 16.7 Å². The molecule has 0 unspecified atom stereocenters. The van der Waals surface area contributed by atoms with Crippen LogP contribution in [0.5, 0.6) is 0 Å². The molecule has 192 valence electrons. The van der Waals surface area contributed by atoms with E-state index < -0.39 is 40.9 Å². The SMILES string of the molecule is O=c1nc(Nc2cccc(C(F)(F)F)c2)n(Cc2cccc(C(F)(F)F)c2)c(=O)n1C1CCCCC1. The van der Waals surface area contributed by atoms with Crippen molar-refractivity contribution in [2.75, 3.05) is 5.32 Å². The maximum absolute atomic E-state index is 13.5. The quantitative estimate of drug-likeness (QED) is 0.443. The van der Waals surface area contributed by atoms with Gasteiger partial charge in [0.1, 0.15) is 0 Å². The molecule has 12 heteroatoms. The second-order valence-corrected chi connectivity index (χ2v) is 8.65. The monoisotopic (exact) mass is 512 g/mol. The van der Waals surface area contributed by atoms with Crippen molar-refractivity contribution in [1.29, 1.82) is 0 Å². The number of hydrogen-bond acceptors (Lipinski definition) is 4. The van der Waals surface area contributed by atoms with Crippen LogP contribution in [-0.2, 0) is 18.9 Å². The van der Waals surface area contributed by atoms with E-state index in [4.69, 9.17) is 0 Å². The minimum atomic E-state index is -4.63. The lowest BCUT2D eigenvalue weighted by Crippen LogP contribution is -2.45. The van der Waals surface area contributed by atoms with E-state index in [1.54, 1.807) is 0 Å². The number of aromatic nitrogens is 3. The van der Waals surface area contributed by atoms with Gasteiger partial charge in [-0.15, -0.1) is 0 Å². The van der Waals surface area contributed by atoms with E-state index in [0.717, 1.165) is 58.7 Å². The molecule has 1 aliphatic rings. The summed E-state index contributed by atoms with van der Waals surface area (Å²) in [4.78, 5) is 30.2. The minimum absolute atomic E-state index is 0.0932. The minimum Gasteiger partial charge on any atom is -0.325 e. The highest BCUT2D eigenvalue weighted by Gasteiger charge is 2.32. The molecule has 0 atom stereocenters. The zero-order valence-electron chi connectivity index (χ0n) is 18.9. The lowest BCUT2D eigenvalue weighted by Gasteiger charge is -2.24. The summed E-state index contributed by atoms with van der Waals surface area (Å²) in [7, 11) is 0. The largest absolute Gasteiger partial charge is 0.416 e. The summed E-state index contributed by atoms with van der Waals surface area (Å²) in [5, 5.41) is 2.58. The average molecular weight is 512 g/mol. The van der Waals surface area contributed by atoms with Crippen molar-refractivity contribution in [3.8, 4) is 0 Å². The Hall–Kier alpha value is -3.57. The zero-order chi connectivity index (χ0) is 26.1. The van der Waals surface area contributed by atoms with Crippen LogP contribution in [0, 0.1) is 0 Å². The van der Waals surface area contributed by atoms with E-state index in [9.17, 15) is 35.9 Å². The number of nitrogens with zero attached hydrogens (tertiary/aromatic N) is 3. The predicted octanol–water partition coefficient (Wildman–Crippen LogP) is 5.74. The van der Waals surface area contributed by atoms with Gasteiger partial charge in [-0.25, -0.2) is 14.2 Å². The molecule has 3 aromatic rings. The highest BCUT2D eigenvalue weighted by atomic mass is 19.4. The number of halogens is 6. The van der Waals surface area contributed by atoms with Crippen LogP contribution >= 0.6 is 0 Å². The van der Waals surface area contributed by atoms with Crippen molar-refractivity contribution in [1.82, 2.24) is 14.1 Å². The number of anilines is 2. The Morgan fingerprint density at radius 2 is 1.47 bits per heavy atom. The fourth-order valence-electron chi connectivity index (χ4n) is 4.33. The Bertz CT molecular complexity index is 1350. The fraction of sp³-hybridized carbons (Fsp3) is 0.375. The molecular weight excluding hydrogens is 490 g/mol. The first-order chi connectivity index (χ1) is 16.9. The van der Waals surface area contributed by atoms with Gasteiger partial charge in [0.15, 0.2) is 0 Å². The van der Waals surface area contributed by atoms with E-state index in [-0.39, 0.29) is 23.7 Å². The molecule has 0 saturated heterocycles. The Balaban J connectivity index is 1.81. The van der Waals surface area contributed by atoms with Gasteiger partial charge in [-0.3, -0.25) is 4.57 Å². The molecule has 1 saturated carbocycles. The van der Waals surface area contributed by atoms with Crippen LogP contribution in [0.1, 0.15) is 54.8 Å². The average Bonchev–Trinajstić information content (AvgIpc) is 2.81. The molecule has 1 aliphatic carbocycles. The Kier molecular flexibility index (Phi) is 6.96. The van der Waals surface area contributed by atoms with Gasteiger partial charge >= 0.3 is 23.7 Å². The van der Waals surface area contributed by atoms with Crippen LogP contribution in [0.25, 0.3) is 0 Å². The third kappa shape index (κ3) is 5.63. The Labute approximate surface area is 201 Å². The first-order valence-electron chi connectivity index (χ1n) is 11.3. The van der Waals surface area contributed by atoms with Gasteiger partial charge in [0.25, 0.3) is 0 Å². The second kappa shape index (κ2) is 9.82. The molecule has 0 bridgehead atoms. The van der Waals surface area contributed by atoms with E-state index in [1.165, 1.54) is 18.2 Å². The smallest absolute Gasteiger partial charge is 0.325 e. The Morgan fingerprint density at radius 1 is 0.861 bits per heavy atom. The summed E-state index contributed by atoms with van der Waals surface area (Å²) in [6, 6.07) is 7.99. The second-order valence-electron chi connectivity index (χ2n) is 8.65. The van der Waals surface area contributed by atoms with Gasteiger partial charge in [0.2, 0.25) is 5.95 Å². The van der Waals surface area contributed by atoms with Gasteiger partial charge in [0, 0.05) is 11.7 Å². The first kappa shape index (κ1) is 25.5. The Morgan fingerprint density at radius 3 is 2.11 bits per heavy atom. The van der Waals surface area contributed by atoms with Gasteiger partial charge in [0.05, 0.1) is 17.7 Å². The number of benzene rings is 2. The third-order valence-electron chi connectivity index (χ3n) is 6.08. The molecule has 0 amide bonds. The number of alkyl halides is 6. The van der Waals surface area contributed by atoms with Crippen LogP contribution in [0.15, 0.2) is 58.1 Å². The van der Waals surface area contributed by atoms with Crippen molar-refractivity contribution in [3.05, 3.63) is 86.2 Å². The zero-order valence-corrected chi connectivity index (χ0v) is 18.9. The number of hydrogen-bond donors (Lipinski definition) is 1. The summed E-state index contributed by atoms with van der Waals surface area (Å²) in [5.41, 5.74) is -3.54. The summed E-state index contributed by atoms with van der Waals surface area (Å²) < 4.78 is 81.1. The summed E-state index contributed by atoms with van der Waals surface area (Å²) >= 11 is 0. The van der Waals surface area contributed by atoms with Crippen molar-refractivity contribution >= 4 is 11.6 Å². The molecule has 4 rings (SSSR count). The molecule has 0 aliphatic heterocycles. The molecule has 0 radical (unpaired) electrons. The molecule has 6 nitrogen and oxygen atoms in total. The van der Waals surface area contributed by atoms with Crippen LogP contribution in [0.2, 0.25) is 0 Å². The highest BCUT2D eigenvalue weighted by molar-refractivity contribution is 5.55. The third-order valence-corrected chi connectivity index (χ3v) is 6.08. The molecule has 1 fully saturated rings. The normalized spacial score (nSPS) is 15.2. The van der Waals surface area contributed by atoms with Crippen molar-refractivity contribution in [2.24, 2.45) is 0 Å². The van der Waals surface area contributed by atoms with Crippen LogP contribution in [0.3, 0.4) is 0 Å². The van der Waals surface area contributed by atoms with E-state index in [2.05, 4.69) is 10.3 Å². The van der Waals surface area contributed by atoms with Crippen molar-refractivity contribution in [2.45, 2.75) is 57.0 Å². The number of rotatable bonds is 5. The van der Waals surface area contributed by atoms with Crippen molar-refractivity contribution < 1.29 is 26.3 Å². The summed E-state index contributed by atoms with van der Waals surface area (Å²) in [6.45, 7) is -0.385. The van der Waals surface area contributed by atoms with E-state index >= 15 is 0 Å². The summed E-state index contributed by atoms with van der Waals surface area (Å²) in [5.74, 6) is -0.367. The predicted molar refractivity (Wildman–Crippen MR) is 120 cm³/mol. The molecule has 0 spiro atoms. The first-order valence-corrected chi connectivity index (χ1v) is 11.3. The highest BCUT2D eigenvalue weighted by Crippen LogP contribution is 2.32. The van der Waals surface area contributed by atoms with Gasteiger partial charge in [-0.2, -0.15) is 31.3 Å². The summed E-state index contributed by atoms with van der Waals surface area (Å²) in [6.07, 6.45) is -5.55. The molecule has 1 heterocycles. The van der Waals surface area contributed by atoms with E-state index in [1.807, 2.05) is 0 Å².